The Morgan fingerprint density at radius 3 is 3.20 bits per heavy atom. The van der Waals surface area contributed by atoms with E-state index >= 15 is 0 Å². The van der Waals surface area contributed by atoms with Crippen molar-refractivity contribution in [3.63, 3.8) is 0 Å². The van der Waals surface area contributed by atoms with E-state index in [0.29, 0.717) is 5.03 Å². The molecule has 4 heteroatoms. The predicted molar refractivity (Wildman–Crippen MR) is 38.2 cm³/mol. The van der Waals surface area contributed by atoms with Gasteiger partial charge < -0.3 is 0 Å². The fourth-order valence-electron chi connectivity index (χ4n) is 0.802. The lowest BCUT2D eigenvalue weighted by Gasteiger charge is -1.89. The standard InChI is InChI=1S/C6H4N2OS/c9-10-6-5(4-8-10)2-1-3-7-6/h1-4H. The van der Waals surface area contributed by atoms with Gasteiger partial charge in [-0.1, -0.05) is 0 Å². The molecule has 1 aliphatic heterocycles. The molecule has 0 radical (unpaired) electrons. The van der Waals surface area contributed by atoms with Gasteiger partial charge >= 0.3 is 0 Å². The van der Waals surface area contributed by atoms with Crippen LogP contribution >= 0.6 is 0 Å². The summed E-state index contributed by atoms with van der Waals surface area (Å²) in [7, 11) is -1.24. The van der Waals surface area contributed by atoms with Crippen molar-refractivity contribution in [2.75, 3.05) is 0 Å². The third-order valence-electron chi connectivity index (χ3n) is 1.25. The number of nitrogens with zero attached hydrogens (tertiary/aromatic N) is 2. The van der Waals surface area contributed by atoms with Gasteiger partial charge in [-0.3, -0.25) is 0 Å². The minimum absolute atomic E-state index is 0.572. The first-order valence-corrected chi connectivity index (χ1v) is 3.89. The average Bonchev–Trinajstić information content (AvgIpc) is 2.34. The van der Waals surface area contributed by atoms with Crippen molar-refractivity contribution in [3.05, 3.63) is 23.9 Å². The van der Waals surface area contributed by atoms with Gasteiger partial charge in [0.05, 0.1) is 0 Å². The van der Waals surface area contributed by atoms with E-state index in [-0.39, 0.29) is 0 Å². The zero-order valence-corrected chi connectivity index (χ0v) is 5.84. The molecule has 1 aromatic rings. The Morgan fingerprint density at radius 1 is 1.50 bits per heavy atom. The molecule has 0 spiro atoms. The highest BCUT2D eigenvalue weighted by Crippen LogP contribution is 2.14. The van der Waals surface area contributed by atoms with Crippen molar-refractivity contribution < 1.29 is 4.21 Å². The van der Waals surface area contributed by atoms with E-state index < -0.39 is 11.0 Å². The van der Waals surface area contributed by atoms with Crippen LogP contribution in [0.2, 0.25) is 0 Å². The molecule has 2 rings (SSSR count). The molecule has 1 unspecified atom stereocenters. The Morgan fingerprint density at radius 2 is 2.40 bits per heavy atom. The zero-order valence-electron chi connectivity index (χ0n) is 5.02. The normalized spacial score (nSPS) is 21.0. The highest BCUT2D eigenvalue weighted by atomic mass is 32.2. The molecule has 0 saturated carbocycles. The molecule has 0 amide bonds. The van der Waals surface area contributed by atoms with E-state index in [0.717, 1.165) is 5.56 Å². The van der Waals surface area contributed by atoms with Gasteiger partial charge in [-0.15, -0.1) is 0 Å². The Kier molecular flexibility index (Phi) is 1.14. The monoisotopic (exact) mass is 152 g/mol. The van der Waals surface area contributed by atoms with Crippen LogP contribution in [0.1, 0.15) is 5.56 Å². The lowest BCUT2D eigenvalue weighted by molar-refractivity contribution is 0.683. The van der Waals surface area contributed by atoms with Crippen LogP contribution in [0.25, 0.3) is 0 Å². The van der Waals surface area contributed by atoms with Crippen LogP contribution in [-0.4, -0.2) is 15.4 Å². The molecule has 0 fully saturated rings. The van der Waals surface area contributed by atoms with Crippen molar-refractivity contribution in [2.24, 2.45) is 4.40 Å². The maximum absolute atomic E-state index is 10.9. The third kappa shape index (κ3) is 0.690. The molecule has 2 heterocycles. The topological polar surface area (TPSA) is 42.3 Å². The second-order valence-corrected chi connectivity index (χ2v) is 2.98. The smallest absolute Gasteiger partial charge is 0.192 e. The summed E-state index contributed by atoms with van der Waals surface area (Å²) in [6.45, 7) is 0. The summed E-state index contributed by atoms with van der Waals surface area (Å²) in [6.07, 6.45) is 3.20. The van der Waals surface area contributed by atoms with Crippen molar-refractivity contribution in [3.8, 4) is 0 Å². The fourth-order valence-corrected chi connectivity index (χ4v) is 1.58. The summed E-state index contributed by atoms with van der Waals surface area (Å²) < 4.78 is 14.6. The molecule has 1 aliphatic rings. The van der Waals surface area contributed by atoms with E-state index in [2.05, 4.69) is 9.38 Å². The molecule has 10 heavy (non-hydrogen) atoms. The minimum atomic E-state index is -1.24. The summed E-state index contributed by atoms with van der Waals surface area (Å²) >= 11 is 0. The van der Waals surface area contributed by atoms with Crippen LogP contribution in [0.4, 0.5) is 0 Å². The molecule has 1 atom stereocenters. The summed E-state index contributed by atoms with van der Waals surface area (Å²) in [4.78, 5) is 3.92. The molecular formula is C6H4N2OS. The van der Waals surface area contributed by atoms with Crippen molar-refractivity contribution in [1.82, 2.24) is 4.98 Å². The number of fused-ring (bicyclic) bond motifs is 1. The zero-order chi connectivity index (χ0) is 6.97. The van der Waals surface area contributed by atoms with Gasteiger partial charge in [-0.05, 0) is 12.1 Å². The average molecular weight is 152 g/mol. The molecule has 1 aromatic heterocycles. The molecule has 0 bridgehead atoms. The Balaban J connectivity index is 2.70. The number of rotatable bonds is 0. The van der Waals surface area contributed by atoms with Gasteiger partial charge in [-0.25, -0.2) is 9.19 Å². The molecule has 3 nitrogen and oxygen atoms in total. The van der Waals surface area contributed by atoms with E-state index in [1.165, 1.54) is 0 Å². The minimum Gasteiger partial charge on any atom is -0.245 e. The van der Waals surface area contributed by atoms with Gasteiger partial charge in [-0.2, -0.15) is 4.40 Å². The first-order chi connectivity index (χ1) is 4.88. The van der Waals surface area contributed by atoms with Crippen LogP contribution < -0.4 is 0 Å². The molecule has 0 aliphatic carbocycles. The predicted octanol–water partition coefficient (Wildman–Crippen LogP) is 0.537. The number of hydrogen-bond donors (Lipinski definition) is 0. The second kappa shape index (κ2) is 1.98. The van der Waals surface area contributed by atoms with Crippen LogP contribution in [-0.2, 0) is 11.0 Å². The Labute approximate surface area is 60.4 Å². The largest absolute Gasteiger partial charge is 0.245 e. The van der Waals surface area contributed by atoms with Crippen molar-refractivity contribution in [2.45, 2.75) is 5.03 Å². The van der Waals surface area contributed by atoms with E-state index in [1.807, 2.05) is 6.07 Å². The molecule has 0 saturated heterocycles. The lowest BCUT2D eigenvalue weighted by Crippen LogP contribution is -1.88. The Bertz CT molecular complexity index is 321. The SMILES string of the molecule is O=S1N=Cc2cccnc21. The van der Waals surface area contributed by atoms with Crippen LogP contribution in [0, 0.1) is 0 Å². The maximum atomic E-state index is 10.9. The second-order valence-electron chi connectivity index (χ2n) is 1.88. The van der Waals surface area contributed by atoms with Crippen LogP contribution in [0.3, 0.4) is 0 Å². The quantitative estimate of drug-likeness (QED) is 0.544. The molecule has 0 N–H and O–H groups in total. The van der Waals surface area contributed by atoms with Crippen LogP contribution in [0.5, 0.6) is 0 Å². The summed E-state index contributed by atoms with van der Waals surface area (Å²) in [5.74, 6) is 0. The van der Waals surface area contributed by atoms with E-state index in [4.69, 9.17) is 0 Å². The number of pyridine rings is 1. The molecule has 0 aromatic carbocycles. The van der Waals surface area contributed by atoms with Gasteiger partial charge in [0.25, 0.3) is 0 Å². The first-order valence-electron chi connectivity index (χ1n) is 2.79. The van der Waals surface area contributed by atoms with Gasteiger partial charge in [0, 0.05) is 18.0 Å². The highest BCUT2D eigenvalue weighted by Gasteiger charge is 2.13. The van der Waals surface area contributed by atoms with Crippen molar-refractivity contribution in [1.29, 1.82) is 0 Å². The van der Waals surface area contributed by atoms with Gasteiger partial charge in [0.2, 0.25) is 0 Å². The summed E-state index contributed by atoms with van der Waals surface area (Å²) in [6, 6.07) is 3.64. The van der Waals surface area contributed by atoms with Gasteiger partial charge in [0.15, 0.2) is 16.0 Å². The summed E-state index contributed by atoms with van der Waals surface area (Å²) in [5.41, 5.74) is 0.862. The molecular weight excluding hydrogens is 148 g/mol. The first kappa shape index (κ1) is 5.73. The summed E-state index contributed by atoms with van der Waals surface area (Å²) in [5, 5.41) is 0.572. The number of aromatic nitrogens is 1. The lowest BCUT2D eigenvalue weighted by atomic mass is 10.3. The third-order valence-corrected chi connectivity index (χ3v) is 2.22. The van der Waals surface area contributed by atoms with E-state index in [9.17, 15) is 4.21 Å². The van der Waals surface area contributed by atoms with Crippen molar-refractivity contribution >= 4 is 17.2 Å². The highest BCUT2D eigenvalue weighted by molar-refractivity contribution is 7.84. The maximum Gasteiger partial charge on any atom is 0.192 e. The van der Waals surface area contributed by atoms with Gasteiger partial charge in [0.1, 0.15) is 0 Å². The Hall–Kier alpha value is -1.03. The fraction of sp³-hybridized carbons (Fsp3) is 0. The number of hydrogen-bond acceptors (Lipinski definition) is 2. The van der Waals surface area contributed by atoms with E-state index in [1.54, 1.807) is 18.5 Å². The molecule has 50 valence electrons. The van der Waals surface area contributed by atoms with Crippen LogP contribution in [0.15, 0.2) is 27.8 Å².